The molecule has 4 nitrogen and oxygen atoms in total. The number of morpholine rings is 1. The van der Waals surface area contributed by atoms with Crippen LogP contribution in [-0.4, -0.2) is 43.2 Å². The van der Waals surface area contributed by atoms with Gasteiger partial charge in [-0.1, -0.05) is 41.9 Å². The van der Waals surface area contributed by atoms with Gasteiger partial charge in [-0.2, -0.15) is 0 Å². The van der Waals surface area contributed by atoms with Gasteiger partial charge < -0.3 is 10.1 Å². The predicted molar refractivity (Wildman–Crippen MR) is 115 cm³/mol. The molecule has 1 aromatic heterocycles. The van der Waals surface area contributed by atoms with Gasteiger partial charge in [0, 0.05) is 29.2 Å². The first-order valence-corrected chi connectivity index (χ1v) is 10.8. The van der Waals surface area contributed by atoms with Crippen molar-refractivity contribution >= 4 is 38.9 Å². The largest absolute Gasteiger partial charge is 0.379 e. The van der Waals surface area contributed by atoms with Crippen LogP contribution >= 0.6 is 22.9 Å². The van der Waals surface area contributed by atoms with E-state index in [4.69, 9.17) is 16.3 Å². The molecule has 1 aliphatic rings. The fourth-order valence-electron chi connectivity index (χ4n) is 3.86. The first-order chi connectivity index (χ1) is 14.0. The predicted octanol–water partition coefficient (Wildman–Crippen LogP) is 4.89. The molecule has 2 aromatic carbocycles. The second kappa shape index (κ2) is 8.79. The summed E-state index contributed by atoms with van der Waals surface area (Å²) in [6, 6.07) is 14.4. The number of amides is 1. The topological polar surface area (TPSA) is 41.6 Å². The van der Waals surface area contributed by atoms with Crippen LogP contribution in [0.15, 0.2) is 48.5 Å². The van der Waals surface area contributed by atoms with Gasteiger partial charge in [-0.25, -0.2) is 4.39 Å². The summed E-state index contributed by atoms with van der Waals surface area (Å²) in [6.45, 7) is 4.98. The third-order valence-corrected chi connectivity index (χ3v) is 6.87. The van der Waals surface area contributed by atoms with Crippen molar-refractivity contribution in [2.24, 2.45) is 0 Å². The Morgan fingerprint density at radius 2 is 1.93 bits per heavy atom. The molecule has 29 heavy (non-hydrogen) atoms. The highest BCUT2D eigenvalue weighted by molar-refractivity contribution is 7.21. The van der Waals surface area contributed by atoms with Gasteiger partial charge in [0.15, 0.2) is 0 Å². The maximum atomic E-state index is 13.5. The first kappa shape index (κ1) is 20.3. The number of carbonyl (C=O) groups is 1. The zero-order valence-electron chi connectivity index (χ0n) is 16.0. The zero-order valence-corrected chi connectivity index (χ0v) is 17.6. The van der Waals surface area contributed by atoms with E-state index in [9.17, 15) is 9.18 Å². The number of ether oxygens (including phenoxy) is 1. The second-order valence-corrected chi connectivity index (χ2v) is 8.58. The minimum Gasteiger partial charge on any atom is -0.379 e. The van der Waals surface area contributed by atoms with Crippen molar-refractivity contribution in [2.75, 3.05) is 26.3 Å². The van der Waals surface area contributed by atoms with E-state index in [0.717, 1.165) is 18.7 Å². The van der Waals surface area contributed by atoms with Crippen LogP contribution in [0.2, 0.25) is 5.02 Å². The quantitative estimate of drug-likeness (QED) is 0.624. The van der Waals surface area contributed by atoms with Crippen molar-refractivity contribution in [1.82, 2.24) is 10.2 Å². The summed E-state index contributed by atoms with van der Waals surface area (Å²) in [5.41, 5.74) is 1.15. The Hall–Kier alpha value is -1.99. The van der Waals surface area contributed by atoms with Gasteiger partial charge in [-0.15, -0.1) is 11.3 Å². The van der Waals surface area contributed by atoms with Crippen LogP contribution in [0.1, 0.15) is 28.2 Å². The summed E-state index contributed by atoms with van der Waals surface area (Å²) in [7, 11) is 0. The fraction of sp³-hybridized carbons (Fsp3) is 0.318. The number of nitrogens with one attached hydrogen (secondary N) is 1. The van der Waals surface area contributed by atoms with Crippen molar-refractivity contribution in [2.45, 2.75) is 19.0 Å². The van der Waals surface area contributed by atoms with E-state index in [0.29, 0.717) is 33.2 Å². The van der Waals surface area contributed by atoms with E-state index >= 15 is 0 Å². The second-order valence-electron chi connectivity index (χ2n) is 7.15. The van der Waals surface area contributed by atoms with Crippen molar-refractivity contribution < 1.29 is 13.9 Å². The van der Waals surface area contributed by atoms with E-state index < -0.39 is 0 Å². The maximum absolute atomic E-state index is 13.5. The highest BCUT2D eigenvalue weighted by Gasteiger charge is 2.29. The highest BCUT2D eigenvalue weighted by atomic mass is 35.5. The van der Waals surface area contributed by atoms with Crippen molar-refractivity contribution in [1.29, 1.82) is 0 Å². The third-order valence-electron chi connectivity index (χ3n) is 5.21. The number of fused-ring (bicyclic) bond motifs is 1. The lowest BCUT2D eigenvalue weighted by Gasteiger charge is -2.38. The van der Waals surface area contributed by atoms with Crippen LogP contribution in [0.5, 0.6) is 0 Å². The molecule has 0 radical (unpaired) electrons. The Balaban J connectivity index is 1.59. The average molecular weight is 433 g/mol. The molecule has 7 heteroatoms. The smallest absolute Gasteiger partial charge is 0.263 e. The summed E-state index contributed by atoms with van der Waals surface area (Å²) in [4.78, 5) is 15.8. The number of carbonyl (C=O) groups excluding carboxylic acids is 1. The number of hydrogen-bond donors (Lipinski definition) is 1. The molecule has 152 valence electrons. The van der Waals surface area contributed by atoms with Crippen molar-refractivity contribution in [3.8, 4) is 0 Å². The normalized spacial score (nSPS) is 17.2. The molecule has 3 aromatic rings. The number of nitrogens with zero attached hydrogens (tertiary/aromatic N) is 1. The molecular weight excluding hydrogens is 411 g/mol. The molecule has 0 aliphatic carbocycles. The van der Waals surface area contributed by atoms with Crippen molar-refractivity contribution in [3.63, 3.8) is 0 Å². The van der Waals surface area contributed by atoms with Crippen LogP contribution in [0, 0.1) is 5.82 Å². The Morgan fingerprint density at radius 1 is 1.21 bits per heavy atom. The molecule has 1 amide bonds. The first-order valence-electron chi connectivity index (χ1n) is 9.60. The van der Waals surface area contributed by atoms with Crippen LogP contribution < -0.4 is 5.32 Å². The van der Waals surface area contributed by atoms with Crippen LogP contribution in [0.25, 0.3) is 10.1 Å². The molecule has 4 rings (SSSR count). The van der Waals surface area contributed by atoms with E-state index in [1.54, 1.807) is 6.07 Å². The molecule has 1 aliphatic heterocycles. The number of halogens is 2. The Kier molecular flexibility index (Phi) is 6.15. The van der Waals surface area contributed by atoms with Crippen LogP contribution in [-0.2, 0) is 4.74 Å². The number of hydrogen-bond acceptors (Lipinski definition) is 4. The van der Waals surface area contributed by atoms with Crippen LogP contribution in [0.3, 0.4) is 0 Å². The van der Waals surface area contributed by atoms with Crippen molar-refractivity contribution in [3.05, 3.63) is 69.8 Å². The SMILES string of the molecule is C[C@H](NC(=O)c1sc2cc(F)ccc2c1Cl)[C@H](c1ccccc1)N1CCOCC1. The van der Waals surface area contributed by atoms with Gasteiger partial charge in [0.2, 0.25) is 0 Å². The number of thiophene rings is 1. The van der Waals surface area contributed by atoms with E-state index in [2.05, 4.69) is 22.3 Å². The maximum Gasteiger partial charge on any atom is 0.263 e. The van der Waals surface area contributed by atoms with Gasteiger partial charge in [0.1, 0.15) is 10.7 Å². The van der Waals surface area contributed by atoms with Gasteiger partial charge >= 0.3 is 0 Å². The standard InChI is InChI=1S/C22H22ClFN2O2S/c1-14(20(15-5-3-2-4-6-15)26-9-11-28-12-10-26)25-22(27)21-19(23)17-8-7-16(24)13-18(17)29-21/h2-8,13-14,20H,9-12H2,1H3,(H,25,27)/t14-,20+/m0/s1. The summed E-state index contributed by atoms with van der Waals surface area (Å²) in [5.74, 6) is -0.578. The molecule has 2 atom stereocenters. The monoisotopic (exact) mass is 432 g/mol. The summed E-state index contributed by atoms with van der Waals surface area (Å²) in [6.07, 6.45) is 0. The lowest BCUT2D eigenvalue weighted by molar-refractivity contribution is 0.00890. The van der Waals surface area contributed by atoms with Crippen LogP contribution in [0.4, 0.5) is 4.39 Å². The lowest BCUT2D eigenvalue weighted by atomic mass is 9.98. The van der Waals surface area contributed by atoms with E-state index in [1.807, 2.05) is 25.1 Å². The molecule has 0 spiro atoms. The molecule has 1 N–H and O–H groups in total. The Labute approximate surface area is 178 Å². The number of benzene rings is 2. The Bertz CT molecular complexity index is 1000. The minimum absolute atomic E-state index is 0.0228. The fourth-order valence-corrected chi connectivity index (χ4v) is 5.30. The minimum atomic E-state index is -0.341. The van der Waals surface area contributed by atoms with Gasteiger partial charge in [-0.3, -0.25) is 9.69 Å². The van der Waals surface area contributed by atoms with Gasteiger partial charge in [0.25, 0.3) is 5.91 Å². The van der Waals surface area contributed by atoms with E-state index in [1.165, 1.54) is 23.5 Å². The average Bonchev–Trinajstić information content (AvgIpc) is 3.05. The molecule has 0 bridgehead atoms. The molecule has 1 saturated heterocycles. The molecule has 0 unspecified atom stereocenters. The summed E-state index contributed by atoms with van der Waals surface area (Å²) in [5, 5.41) is 4.19. The molecule has 1 fully saturated rings. The number of rotatable bonds is 5. The third kappa shape index (κ3) is 4.31. The summed E-state index contributed by atoms with van der Waals surface area (Å²) < 4.78 is 19.7. The molecule has 2 heterocycles. The lowest BCUT2D eigenvalue weighted by Crippen LogP contribution is -2.48. The van der Waals surface area contributed by atoms with Gasteiger partial charge in [-0.05, 0) is 30.7 Å². The molecular formula is C22H22ClFN2O2S. The molecule has 0 saturated carbocycles. The van der Waals surface area contributed by atoms with Gasteiger partial charge in [0.05, 0.1) is 24.3 Å². The van der Waals surface area contributed by atoms with E-state index in [-0.39, 0.29) is 23.8 Å². The Morgan fingerprint density at radius 3 is 2.66 bits per heavy atom. The summed E-state index contributed by atoms with van der Waals surface area (Å²) >= 11 is 7.65. The zero-order chi connectivity index (χ0) is 20.4. The highest BCUT2D eigenvalue weighted by Crippen LogP contribution is 2.36.